The van der Waals surface area contributed by atoms with Crippen LogP contribution in [0.2, 0.25) is 0 Å². The molecule has 0 aromatic heterocycles. The standard InChI is InChI=1S/C19H28N2O2.ClH/c1-13-7-9-14(10-8-13)18-16(5-3-11-23-18)19(22)21-17-6-2-4-15(17)12-20;/h7-10,15-18H,2-6,11-12,20H2,1H3,(H,21,22);1H. The zero-order valence-corrected chi connectivity index (χ0v) is 15.2. The molecule has 134 valence electrons. The molecule has 1 amide bonds. The second-order valence-corrected chi connectivity index (χ2v) is 6.99. The molecule has 2 aliphatic rings. The first-order valence-electron chi connectivity index (χ1n) is 8.87. The molecule has 24 heavy (non-hydrogen) atoms. The van der Waals surface area contributed by atoms with E-state index in [1.165, 1.54) is 5.56 Å². The van der Waals surface area contributed by atoms with Crippen molar-refractivity contribution in [3.63, 3.8) is 0 Å². The minimum Gasteiger partial charge on any atom is -0.373 e. The van der Waals surface area contributed by atoms with E-state index in [9.17, 15) is 4.79 Å². The highest BCUT2D eigenvalue weighted by Gasteiger charge is 2.36. The fraction of sp³-hybridized carbons (Fsp3) is 0.632. The predicted molar refractivity (Wildman–Crippen MR) is 98.2 cm³/mol. The Morgan fingerprint density at radius 1 is 1.21 bits per heavy atom. The number of halogens is 1. The van der Waals surface area contributed by atoms with Crippen molar-refractivity contribution in [3.8, 4) is 0 Å². The largest absolute Gasteiger partial charge is 0.373 e. The van der Waals surface area contributed by atoms with E-state index >= 15 is 0 Å². The van der Waals surface area contributed by atoms with Crippen LogP contribution in [0.15, 0.2) is 24.3 Å². The first kappa shape index (κ1) is 19.2. The van der Waals surface area contributed by atoms with Crippen LogP contribution in [0.3, 0.4) is 0 Å². The normalized spacial score (nSPS) is 29.8. The average Bonchev–Trinajstić information content (AvgIpc) is 3.02. The molecular weight excluding hydrogens is 324 g/mol. The van der Waals surface area contributed by atoms with E-state index in [4.69, 9.17) is 10.5 Å². The maximum Gasteiger partial charge on any atom is 0.226 e. The van der Waals surface area contributed by atoms with E-state index in [1.807, 2.05) is 0 Å². The summed E-state index contributed by atoms with van der Waals surface area (Å²) in [7, 11) is 0. The van der Waals surface area contributed by atoms with Crippen LogP contribution < -0.4 is 11.1 Å². The second kappa shape index (κ2) is 8.84. The van der Waals surface area contributed by atoms with Crippen molar-refractivity contribution in [3.05, 3.63) is 35.4 Å². The lowest BCUT2D eigenvalue weighted by atomic mass is 9.88. The van der Waals surface area contributed by atoms with Gasteiger partial charge < -0.3 is 15.8 Å². The number of carbonyl (C=O) groups is 1. The molecule has 1 aromatic rings. The van der Waals surface area contributed by atoms with Gasteiger partial charge in [0.15, 0.2) is 0 Å². The van der Waals surface area contributed by atoms with Crippen LogP contribution in [-0.2, 0) is 9.53 Å². The number of ether oxygens (including phenoxy) is 1. The first-order chi connectivity index (χ1) is 11.2. The van der Waals surface area contributed by atoms with Crippen molar-refractivity contribution in [2.75, 3.05) is 13.2 Å². The molecule has 1 saturated carbocycles. The van der Waals surface area contributed by atoms with E-state index in [2.05, 4.69) is 36.5 Å². The van der Waals surface area contributed by atoms with Gasteiger partial charge in [0, 0.05) is 12.6 Å². The van der Waals surface area contributed by atoms with Gasteiger partial charge in [-0.1, -0.05) is 36.2 Å². The molecule has 2 fully saturated rings. The molecule has 0 radical (unpaired) electrons. The van der Waals surface area contributed by atoms with Crippen LogP contribution >= 0.6 is 12.4 Å². The van der Waals surface area contributed by atoms with Gasteiger partial charge in [-0.3, -0.25) is 4.79 Å². The maximum atomic E-state index is 12.8. The average molecular weight is 353 g/mol. The minimum absolute atomic E-state index is 0. The molecule has 0 bridgehead atoms. The number of carbonyl (C=O) groups excluding carboxylic acids is 1. The highest BCUT2D eigenvalue weighted by Crippen LogP contribution is 2.35. The monoisotopic (exact) mass is 352 g/mol. The zero-order chi connectivity index (χ0) is 16.2. The van der Waals surface area contributed by atoms with Crippen LogP contribution in [0, 0.1) is 18.8 Å². The van der Waals surface area contributed by atoms with Crippen LogP contribution in [0.5, 0.6) is 0 Å². The second-order valence-electron chi connectivity index (χ2n) is 6.99. The topological polar surface area (TPSA) is 64.3 Å². The molecule has 5 heteroatoms. The fourth-order valence-electron chi connectivity index (χ4n) is 3.93. The summed E-state index contributed by atoms with van der Waals surface area (Å²) in [4.78, 5) is 12.8. The van der Waals surface area contributed by atoms with Gasteiger partial charge in [0.1, 0.15) is 0 Å². The maximum absolute atomic E-state index is 12.8. The first-order valence-corrected chi connectivity index (χ1v) is 8.87. The smallest absolute Gasteiger partial charge is 0.226 e. The number of nitrogens with two attached hydrogens (primary N) is 1. The number of amides is 1. The van der Waals surface area contributed by atoms with Gasteiger partial charge in [0.25, 0.3) is 0 Å². The van der Waals surface area contributed by atoms with Crippen molar-refractivity contribution in [2.45, 2.75) is 51.2 Å². The molecule has 1 saturated heterocycles. The lowest BCUT2D eigenvalue weighted by Crippen LogP contribution is -2.45. The highest BCUT2D eigenvalue weighted by atomic mass is 35.5. The quantitative estimate of drug-likeness (QED) is 0.875. The van der Waals surface area contributed by atoms with E-state index in [0.29, 0.717) is 12.5 Å². The number of aryl methyl sites for hydroxylation is 1. The Bertz CT molecular complexity index is 535. The molecule has 1 aliphatic carbocycles. The molecule has 3 N–H and O–H groups in total. The van der Waals surface area contributed by atoms with Gasteiger partial charge in [-0.05, 0) is 50.6 Å². The summed E-state index contributed by atoms with van der Waals surface area (Å²) in [6.07, 6.45) is 5.06. The Labute approximate surface area is 150 Å². The van der Waals surface area contributed by atoms with Crippen molar-refractivity contribution in [2.24, 2.45) is 17.6 Å². The van der Waals surface area contributed by atoms with Crippen LogP contribution in [0.25, 0.3) is 0 Å². The Kier molecular flexibility index (Phi) is 7.08. The summed E-state index contributed by atoms with van der Waals surface area (Å²) in [5, 5.41) is 3.26. The molecule has 4 unspecified atom stereocenters. The summed E-state index contributed by atoms with van der Waals surface area (Å²) < 4.78 is 5.97. The summed E-state index contributed by atoms with van der Waals surface area (Å²) in [5.74, 6) is 0.479. The third-order valence-corrected chi connectivity index (χ3v) is 5.35. The fourth-order valence-corrected chi connectivity index (χ4v) is 3.93. The summed E-state index contributed by atoms with van der Waals surface area (Å²) in [6.45, 7) is 3.47. The summed E-state index contributed by atoms with van der Waals surface area (Å²) in [6, 6.07) is 8.59. The zero-order valence-electron chi connectivity index (χ0n) is 14.4. The lowest BCUT2D eigenvalue weighted by molar-refractivity contribution is -0.135. The van der Waals surface area contributed by atoms with Crippen molar-refractivity contribution in [1.29, 1.82) is 0 Å². The number of benzene rings is 1. The molecule has 1 aliphatic heterocycles. The van der Waals surface area contributed by atoms with Crippen LogP contribution in [-0.4, -0.2) is 25.1 Å². The molecular formula is C19H29ClN2O2. The molecule has 1 aromatic carbocycles. The van der Waals surface area contributed by atoms with Crippen molar-refractivity contribution >= 4 is 18.3 Å². The molecule has 0 spiro atoms. The van der Waals surface area contributed by atoms with Crippen molar-refractivity contribution < 1.29 is 9.53 Å². The van der Waals surface area contributed by atoms with E-state index in [-0.39, 0.29) is 36.4 Å². The molecule has 4 atom stereocenters. The Morgan fingerprint density at radius 3 is 2.67 bits per heavy atom. The number of nitrogens with one attached hydrogen (secondary N) is 1. The van der Waals surface area contributed by atoms with Gasteiger partial charge in [-0.2, -0.15) is 0 Å². The number of rotatable bonds is 4. The van der Waals surface area contributed by atoms with E-state index in [0.717, 1.165) is 44.3 Å². The lowest BCUT2D eigenvalue weighted by Gasteiger charge is -2.32. The summed E-state index contributed by atoms with van der Waals surface area (Å²) >= 11 is 0. The molecule has 1 heterocycles. The van der Waals surface area contributed by atoms with Gasteiger partial charge in [-0.15, -0.1) is 12.4 Å². The number of hydrogen-bond donors (Lipinski definition) is 2. The summed E-state index contributed by atoms with van der Waals surface area (Å²) in [5.41, 5.74) is 8.17. The van der Waals surface area contributed by atoms with Gasteiger partial charge in [0.2, 0.25) is 5.91 Å². The Hall–Kier alpha value is -1.10. The predicted octanol–water partition coefficient (Wildman–Crippen LogP) is 3.13. The number of hydrogen-bond acceptors (Lipinski definition) is 3. The molecule has 3 rings (SSSR count). The van der Waals surface area contributed by atoms with Gasteiger partial charge >= 0.3 is 0 Å². The minimum atomic E-state index is -0.123. The SMILES string of the molecule is Cc1ccc(C2OCCCC2C(=O)NC2CCCC2CN)cc1.Cl. The van der Waals surface area contributed by atoms with Gasteiger partial charge in [-0.25, -0.2) is 0 Å². The van der Waals surface area contributed by atoms with Crippen LogP contribution in [0.4, 0.5) is 0 Å². The highest BCUT2D eigenvalue weighted by molar-refractivity contribution is 5.85. The Balaban J connectivity index is 0.00000208. The van der Waals surface area contributed by atoms with E-state index < -0.39 is 0 Å². The third-order valence-electron chi connectivity index (χ3n) is 5.35. The van der Waals surface area contributed by atoms with Gasteiger partial charge in [0.05, 0.1) is 12.0 Å². The van der Waals surface area contributed by atoms with E-state index in [1.54, 1.807) is 0 Å². The third kappa shape index (κ3) is 4.29. The van der Waals surface area contributed by atoms with Crippen LogP contribution in [0.1, 0.15) is 49.3 Å². The van der Waals surface area contributed by atoms with Crippen molar-refractivity contribution in [1.82, 2.24) is 5.32 Å². The Morgan fingerprint density at radius 2 is 1.96 bits per heavy atom. The molecule has 4 nitrogen and oxygen atoms in total.